The maximum absolute atomic E-state index is 12.5. The summed E-state index contributed by atoms with van der Waals surface area (Å²) < 4.78 is 1.58. The quantitative estimate of drug-likeness (QED) is 0.766. The molecule has 3 heterocycles. The molecule has 3 aromatic rings. The lowest BCUT2D eigenvalue weighted by Crippen LogP contribution is -2.36. The molecule has 4 rings (SSSR count). The first kappa shape index (κ1) is 15.1. The second-order valence-corrected chi connectivity index (χ2v) is 7.11. The fourth-order valence-electron chi connectivity index (χ4n) is 3.17. The lowest BCUT2D eigenvalue weighted by atomic mass is 9.95. The van der Waals surface area contributed by atoms with E-state index in [4.69, 9.17) is 5.73 Å². The number of nitrogen functional groups attached to an aromatic ring is 1. The Kier molecular flexibility index (Phi) is 3.93. The highest BCUT2D eigenvalue weighted by atomic mass is 32.1. The number of carbonyl (C=O) groups excluding carboxylic acids is 1. The summed E-state index contributed by atoms with van der Waals surface area (Å²) in [6.07, 6.45) is 5.73. The maximum atomic E-state index is 12.5. The average Bonchev–Trinajstić information content (AvgIpc) is 3.25. The number of rotatable bonds is 3. The molecule has 0 atom stereocenters. The third-order valence-electron chi connectivity index (χ3n) is 4.41. The Hall–Kier alpha value is -2.41. The molecule has 7 heteroatoms. The van der Waals surface area contributed by atoms with Gasteiger partial charge in [-0.05, 0) is 36.4 Å². The number of nitrogens with two attached hydrogens (primary N) is 1. The monoisotopic (exact) mass is 341 g/mol. The fraction of sp³-hybridized carbons (Fsp3) is 0.353. The molecule has 0 unspecified atom stereocenters. The van der Waals surface area contributed by atoms with Gasteiger partial charge in [-0.3, -0.25) is 4.79 Å². The van der Waals surface area contributed by atoms with Crippen LogP contribution in [-0.2, 0) is 0 Å². The Morgan fingerprint density at radius 2 is 2.12 bits per heavy atom. The van der Waals surface area contributed by atoms with Crippen LogP contribution in [0.2, 0.25) is 0 Å². The molecule has 1 amide bonds. The topological polar surface area (TPSA) is 85.3 Å². The van der Waals surface area contributed by atoms with Gasteiger partial charge in [-0.25, -0.2) is 4.98 Å². The predicted octanol–water partition coefficient (Wildman–Crippen LogP) is 3.10. The van der Waals surface area contributed by atoms with Gasteiger partial charge in [0.2, 0.25) is 0 Å². The van der Waals surface area contributed by atoms with Gasteiger partial charge in [-0.1, -0.05) is 25.3 Å². The molecule has 0 spiro atoms. The van der Waals surface area contributed by atoms with Gasteiger partial charge < -0.3 is 11.1 Å². The van der Waals surface area contributed by atoms with Gasteiger partial charge >= 0.3 is 0 Å². The molecule has 0 bridgehead atoms. The number of pyridine rings is 1. The molecule has 6 nitrogen and oxygen atoms in total. The Balaban J connectivity index is 1.63. The van der Waals surface area contributed by atoms with Crippen LogP contribution in [-0.4, -0.2) is 26.5 Å². The summed E-state index contributed by atoms with van der Waals surface area (Å²) in [5.41, 5.74) is 7.21. The summed E-state index contributed by atoms with van der Waals surface area (Å²) >= 11 is 1.57. The van der Waals surface area contributed by atoms with E-state index in [0.717, 1.165) is 17.7 Å². The van der Waals surface area contributed by atoms with Crippen molar-refractivity contribution in [3.63, 3.8) is 0 Å². The van der Waals surface area contributed by atoms with Gasteiger partial charge in [0.05, 0.1) is 4.88 Å². The molecule has 1 aliphatic rings. The smallest absolute Gasteiger partial charge is 0.251 e. The fourth-order valence-corrected chi connectivity index (χ4v) is 3.82. The van der Waals surface area contributed by atoms with Crippen molar-refractivity contribution in [3.05, 3.63) is 35.2 Å². The van der Waals surface area contributed by atoms with Crippen molar-refractivity contribution in [1.82, 2.24) is 19.9 Å². The number of aromatic nitrogens is 3. The van der Waals surface area contributed by atoms with Crippen LogP contribution in [0.15, 0.2) is 29.6 Å². The first-order valence-electron chi connectivity index (χ1n) is 8.22. The van der Waals surface area contributed by atoms with E-state index in [1.807, 2.05) is 17.5 Å². The largest absolute Gasteiger partial charge is 0.384 e. The lowest BCUT2D eigenvalue weighted by Gasteiger charge is -2.22. The summed E-state index contributed by atoms with van der Waals surface area (Å²) in [5.74, 6) is 0.954. The van der Waals surface area contributed by atoms with Gasteiger partial charge in [-0.2, -0.15) is 4.52 Å². The van der Waals surface area contributed by atoms with Crippen LogP contribution in [0.4, 0.5) is 5.82 Å². The molecule has 1 fully saturated rings. The molecule has 3 N–H and O–H groups in total. The van der Waals surface area contributed by atoms with E-state index in [2.05, 4.69) is 15.4 Å². The number of hydrogen-bond acceptors (Lipinski definition) is 5. The number of hydrogen-bond donors (Lipinski definition) is 2. The number of carbonyl (C=O) groups is 1. The summed E-state index contributed by atoms with van der Waals surface area (Å²) in [6.45, 7) is 0. The highest BCUT2D eigenvalue weighted by molar-refractivity contribution is 7.13. The minimum absolute atomic E-state index is 0.0863. The summed E-state index contributed by atoms with van der Waals surface area (Å²) in [5, 5.41) is 9.52. The van der Waals surface area contributed by atoms with E-state index < -0.39 is 0 Å². The molecule has 3 aromatic heterocycles. The Labute approximate surface area is 143 Å². The standard InChI is InChI=1S/C17H19N5OS/c18-14-9-11(17(23)19-12-5-2-1-3-6-12)10-15-20-16(21-22(14)15)13-7-4-8-24-13/h4,7-10,12H,1-3,5-6,18H2,(H,19,23). The van der Waals surface area contributed by atoms with E-state index in [1.54, 1.807) is 28.0 Å². The zero-order valence-corrected chi connectivity index (χ0v) is 14.1. The number of nitrogens with one attached hydrogen (secondary N) is 1. The van der Waals surface area contributed by atoms with Crippen molar-refractivity contribution in [2.45, 2.75) is 38.1 Å². The molecular weight excluding hydrogens is 322 g/mol. The van der Waals surface area contributed by atoms with Crippen LogP contribution >= 0.6 is 11.3 Å². The van der Waals surface area contributed by atoms with Crippen LogP contribution in [0.5, 0.6) is 0 Å². The maximum Gasteiger partial charge on any atom is 0.251 e. The third kappa shape index (κ3) is 2.87. The molecule has 0 saturated heterocycles. The number of nitrogens with zero attached hydrogens (tertiary/aromatic N) is 3. The normalized spacial score (nSPS) is 15.7. The van der Waals surface area contributed by atoms with Crippen LogP contribution in [0.1, 0.15) is 42.5 Å². The van der Waals surface area contributed by atoms with Gasteiger partial charge in [0.15, 0.2) is 11.5 Å². The number of amides is 1. The average molecular weight is 341 g/mol. The van der Waals surface area contributed by atoms with Gasteiger partial charge in [0.25, 0.3) is 5.91 Å². The van der Waals surface area contributed by atoms with Crippen LogP contribution < -0.4 is 11.1 Å². The molecule has 24 heavy (non-hydrogen) atoms. The molecule has 0 aliphatic heterocycles. The molecule has 0 aromatic carbocycles. The van der Waals surface area contributed by atoms with Crippen molar-refractivity contribution in [2.75, 3.05) is 5.73 Å². The zero-order chi connectivity index (χ0) is 16.5. The molecule has 1 aliphatic carbocycles. The summed E-state index contributed by atoms with van der Waals surface area (Å²) in [6, 6.07) is 7.60. The highest BCUT2D eigenvalue weighted by Gasteiger charge is 2.18. The second-order valence-electron chi connectivity index (χ2n) is 6.16. The minimum Gasteiger partial charge on any atom is -0.384 e. The second kappa shape index (κ2) is 6.24. The predicted molar refractivity (Wildman–Crippen MR) is 95.1 cm³/mol. The first-order valence-corrected chi connectivity index (χ1v) is 9.10. The lowest BCUT2D eigenvalue weighted by molar-refractivity contribution is 0.0927. The summed E-state index contributed by atoms with van der Waals surface area (Å²) in [4.78, 5) is 18.0. The Morgan fingerprint density at radius 1 is 1.29 bits per heavy atom. The number of anilines is 1. The van der Waals surface area contributed by atoms with Crippen molar-refractivity contribution in [1.29, 1.82) is 0 Å². The van der Waals surface area contributed by atoms with Crippen molar-refractivity contribution in [2.24, 2.45) is 0 Å². The SMILES string of the molecule is Nc1cc(C(=O)NC2CCCCC2)cc2nc(-c3cccs3)nn12. The van der Waals surface area contributed by atoms with Gasteiger partial charge in [-0.15, -0.1) is 16.4 Å². The Morgan fingerprint density at radius 3 is 2.88 bits per heavy atom. The van der Waals surface area contributed by atoms with E-state index >= 15 is 0 Å². The highest BCUT2D eigenvalue weighted by Crippen LogP contribution is 2.23. The molecule has 1 saturated carbocycles. The molecular formula is C17H19N5OS. The summed E-state index contributed by atoms with van der Waals surface area (Å²) in [7, 11) is 0. The number of fused-ring (bicyclic) bond motifs is 1. The third-order valence-corrected chi connectivity index (χ3v) is 5.27. The zero-order valence-electron chi connectivity index (χ0n) is 13.2. The van der Waals surface area contributed by atoms with E-state index in [-0.39, 0.29) is 11.9 Å². The van der Waals surface area contributed by atoms with E-state index in [9.17, 15) is 4.79 Å². The van der Waals surface area contributed by atoms with E-state index in [1.165, 1.54) is 19.3 Å². The van der Waals surface area contributed by atoms with E-state index in [0.29, 0.717) is 22.9 Å². The molecule has 0 radical (unpaired) electrons. The Bertz CT molecular complexity index is 865. The minimum atomic E-state index is -0.0863. The number of thiophene rings is 1. The van der Waals surface area contributed by atoms with Crippen LogP contribution in [0, 0.1) is 0 Å². The van der Waals surface area contributed by atoms with Crippen molar-refractivity contribution in [3.8, 4) is 10.7 Å². The van der Waals surface area contributed by atoms with Crippen molar-refractivity contribution < 1.29 is 4.79 Å². The molecule has 124 valence electrons. The first-order chi connectivity index (χ1) is 11.7. The van der Waals surface area contributed by atoms with Crippen molar-refractivity contribution >= 4 is 28.7 Å². The van der Waals surface area contributed by atoms with Gasteiger partial charge in [0, 0.05) is 11.6 Å². The van der Waals surface area contributed by atoms with Gasteiger partial charge in [0.1, 0.15) is 5.82 Å². The van der Waals surface area contributed by atoms with Crippen LogP contribution in [0.3, 0.4) is 0 Å². The van der Waals surface area contributed by atoms with Crippen LogP contribution in [0.25, 0.3) is 16.3 Å².